The molecule has 0 saturated heterocycles. The Labute approximate surface area is 137 Å². The fraction of sp³-hybridized carbons (Fsp3) is 0. The first-order chi connectivity index (χ1) is 8.99. The summed E-state index contributed by atoms with van der Waals surface area (Å²) in [7, 11) is 0. The van der Waals surface area contributed by atoms with Crippen molar-refractivity contribution in [1.82, 2.24) is 0 Å². The molecular formula is C13H9BrFIN2S. The lowest BCUT2D eigenvalue weighted by molar-refractivity contribution is 0.625. The zero-order valence-corrected chi connectivity index (χ0v) is 14.1. The first-order valence-corrected chi connectivity index (χ1v) is 7.57. The van der Waals surface area contributed by atoms with E-state index < -0.39 is 5.82 Å². The minimum atomic E-state index is -0.413. The van der Waals surface area contributed by atoms with Gasteiger partial charge in [0.2, 0.25) is 0 Å². The molecule has 0 radical (unpaired) electrons. The molecule has 0 fully saturated rings. The number of hydrogen-bond acceptors (Lipinski definition) is 2. The average molecular weight is 451 g/mol. The summed E-state index contributed by atoms with van der Waals surface area (Å²) in [5.74, 6) is -0.413. The van der Waals surface area contributed by atoms with Gasteiger partial charge in [0, 0.05) is 14.8 Å². The summed E-state index contributed by atoms with van der Waals surface area (Å²) >= 11 is 10.2. The van der Waals surface area contributed by atoms with E-state index in [2.05, 4.69) is 43.8 Å². The lowest BCUT2D eigenvalue weighted by atomic mass is 10.2. The summed E-state index contributed by atoms with van der Waals surface area (Å²) in [6.45, 7) is 0. The molecule has 0 atom stereocenters. The second-order valence-electron chi connectivity index (χ2n) is 3.78. The maximum atomic E-state index is 14.2. The van der Waals surface area contributed by atoms with Crippen molar-refractivity contribution in [3.8, 4) is 0 Å². The highest BCUT2D eigenvalue weighted by molar-refractivity contribution is 14.1. The van der Waals surface area contributed by atoms with Gasteiger partial charge in [-0.3, -0.25) is 0 Å². The zero-order chi connectivity index (χ0) is 14.0. The molecule has 2 aromatic rings. The summed E-state index contributed by atoms with van der Waals surface area (Å²) < 4.78 is 15.6. The van der Waals surface area contributed by atoms with Gasteiger partial charge >= 0.3 is 0 Å². The smallest absolute Gasteiger partial charge is 0.161 e. The minimum Gasteiger partial charge on any atom is -0.389 e. The molecule has 0 amide bonds. The molecule has 0 spiro atoms. The van der Waals surface area contributed by atoms with Crippen LogP contribution in [0.4, 0.5) is 15.8 Å². The van der Waals surface area contributed by atoms with E-state index in [9.17, 15) is 4.39 Å². The zero-order valence-electron chi connectivity index (χ0n) is 9.58. The van der Waals surface area contributed by atoms with Crippen LogP contribution in [0.15, 0.2) is 40.9 Å². The van der Waals surface area contributed by atoms with Crippen molar-refractivity contribution in [2.24, 2.45) is 5.73 Å². The highest BCUT2D eigenvalue weighted by atomic mass is 127. The fourth-order valence-corrected chi connectivity index (χ4v) is 2.75. The van der Waals surface area contributed by atoms with Crippen molar-refractivity contribution >= 4 is 67.1 Å². The van der Waals surface area contributed by atoms with Crippen LogP contribution >= 0.6 is 50.7 Å². The van der Waals surface area contributed by atoms with Crippen molar-refractivity contribution in [2.75, 3.05) is 5.32 Å². The van der Waals surface area contributed by atoms with Crippen molar-refractivity contribution in [3.05, 3.63) is 55.8 Å². The predicted molar refractivity (Wildman–Crippen MR) is 92.4 cm³/mol. The van der Waals surface area contributed by atoms with Crippen LogP contribution in [0.2, 0.25) is 0 Å². The standard InChI is InChI=1S/C13H9BrFIN2S/c14-11-9(13(17)19)5-6-10(12(11)15)18-8-3-1-7(16)2-4-8/h1-6,18H,(H2,17,19). The molecule has 0 heterocycles. The Morgan fingerprint density at radius 2 is 1.84 bits per heavy atom. The Balaban J connectivity index is 2.34. The number of nitrogens with two attached hydrogens (primary N) is 1. The average Bonchev–Trinajstić information content (AvgIpc) is 2.37. The van der Waals surface area contributed by atoms with Crippen LogP contribution in [0.1, 0.15) is 5.56 Å². The molecule has 2 aromatic carbocycles. The first kappa shape index (κ1) is 14.7. The molecule has 19 heavy (non-hydrogen) atoms. The molecule has 3 N–H and O–H groups in total. The third-order valence-corrected chi connectivity index (χ3v) is 4.19. The summed E-state index contributed by atoms with van der Waals surface area (Å²) in [6, 6.07) is 11.0. The molecule has 98 valence electrons. The first-order valence-electron chi connectivity index (χ1n) is 5.29. The SMILES string of the molecule is NC(=S)c1ccc(Nc2ccc(I)cc2)c(F)c1Br. The van der Waals surface area contributed by atoms with Crippen LogP contribution in [-0.4, -0.2) is 4.99 Å². The molecule has 2 rings (SSSR count). The largest absolute Gasteiger partial charge is 0.389 e. The number of nitrogens with one attached hydrogen (secondary N) is 1. The van der Waals surface area contributed by atoms with Gasteiger partial charge in [0.1, 0.15) is 4.99 Å². The highest BCUT2D eigenvalue weighted by Gasteiger charge is 2.12. The number of anilines is 2. The molecule has 0 unspecified atom stereocenters. The molecule has 0 aliphatic carbocycles. The normalized spacial score (nSPS) is 10.3. The summed E-state index contributed by atoms with van der Waals surface area (Å²) in [5, 5.41) is 3.01. The van der Waals surface area contributed by atoms with Crippen LogP contribution in [-0.2, 0) is 0 Å². The van der Waals surface area contributed by atoms with E-state index in [1.807, 2.05) is 24.3 Å². The van der Waals surface area contributed by atoms with Gasteiger partial charge in [-0.25, -0.2) is 4.39 Å². The van der Waals surface area contributed by atoms with Crippen LogP contribution in [0.3, 0.4) is 0 Å². The summed E-state index contributed by atoms with van der Waals surface area (Å²) in [6.07, 6.45) is 0. The number of hydrogen-bond donors (Lipinski definition) is 2. The van der Waals surface area contributed by atoms with Crippen LogP contribution in [0.5, 0.6) is 0 Å². The van der Waals surface area contributed by atoms with E-state index >= 15 is 0 Å². The molecule has 6 heteroatoms. The van der Waals surface area contributed by atoms with E-state index in [0.29, 0.717) is 11.3 Å². The van der Waals surface area contributed by atoms with E-state index in [1.165, 1.54) is 0 Å². The van der Waals surface area contributed by atoms with Gasteiger partial charge in [0.25, 0.3) is 0 Å². The molecule has 0 saturated carbocycles. The third-order valence-electron chi connectivity index (χ3n) is 2.47. The molecule has 0 aliphatic heterocycles. The van der Waals surface area contributed by atoms with Crippen LogP contribution < -0.4 is 11.1 Å². The predicted octanol–water partition coefficient (Wildman–Crippen LogP) is 4.57. The van der Waals surface area contributed by atoms with Crippen molar-refractivity contribution in [1.29, 1.82) is 0 Å². The molecule has 2 nitrogen and oxygen atoms in total. The van der Waals surface area contributed by atoms with Gasteiger partial charge in [-0.05, 0) is 74.9 Å². The van der Waals surface area contributed by atoms with Gasteiger partial charge in [0.05, 0.1) is 10.2 Å². The lowest BCUT2D eigenvalue weighted by Gasteiger charge is -2.11. The summed E-state index contributed by atoms with van der Waals surface area (Å²) in [4.78, 5) is 0.159. The quantitative estimate of drug-likeness (QED) is 0.531. The second-order valence-corrected chi connectivity index (χ2v) is 6.26. The lowest BCUT2D eigenvalue weighted by Crippen LogP contribution is -2.11. The minimum absolute atomic E-state index is 0.159. The molecule has 0 bridgehead atoms. The van der Waals surface area contributed by atoms with Crippen molar-refractivity contribution in [3.63, 3.8) is 0 Å². The van der Waals surface area contributed by atoms with Gasteiger partial charge in [-0.1, -0.05) is 12.2 Å². The monoisotopic (exact) mass is 450 g/mol. The number of rotatable bonds is 3. The van der Waals surface area contributed by atoms with Crippen LogP contribution in [0, 0.1) is 9.39 Å². The van der Waals surface area contributed by atoms with Crippen LogP contribution in [0.25, 0.3) is 0 Å². The Morgan fingerprint density at radius 3 is 2.42 bits per heavy atom. The Kier molecular flexibility index (Phi) is 4.75. The Hall–Kier alpha value is -0.730. The Bertz CT molecular complexity index is 631. The van der Waals surface area contributed by atoms with E-state index in [4.69, 9.17) is 18.0 Å². The molecule has 0 aliphatic rings. The highest BCUT2D eigenvalue weighted by Crippen LogP contribution is 2.29. The van der Waals surface area contributed by atoms with E-state index in [0.717, 1.165) is 9.26 Å². The Morgan fingerprint density at radius 1 is 1.21 bits per heavy atom. The van der Waals surface area contributed by atoms with Gasteiger partial charge in [-0.15, -0.1) is 0 Å². The third kappa shape index (κ3) is 3.43. The summed E-state index contributed by atoms with van der Waals surface area (Å²) in [5.41, 5.74) is 7.19. The molecular weight excluding hydrogens is 442 g/mol. The van der Waals surface area contributed by atoms with Gasteiger partial charge in [-0.2, -0.15) is 0 Å². The second kappa shape index (κ2) is 6.15. The number of halogens is 3. The van der Waals surface area contributed by atoms with Crippen molar-refractivity contribution < 1.29 is 4.39 Å². The topological polar surface area (TPSA) is 38.0 Å². The fourth-order valence-electron chi connectivity index (χ4n) is 1.53. The van der Waals surface area contributed by atoms with E-state index in [1.54, 1.807) is 12.1 Å². The number of thiocarbonyl (C=S) groups is 1. The van der Waals surface area contributed by atoms with Gasteiger partial charge in [0.15, 0.2) is 5.82 Å². The maximum absolute atomic E-state index is 14.2. The maximum Gasteiger partial charge on any atom is 0.161 e. The number of benzene rings is 2. The van der Waals surface area contributed by atoms with Gasteiger partial charge < -0.3 is 11.1 Å². The van der Waals surface area contributed by atoms with E-state index in [-0.39, 0.29) is 9.46 Å². The molecule has 0 aromatic heterocycles. The van der Waals surface area contributed by atoms with Crippen molar-refractivity contribution in [2.45, 2.75) is 0 Å².